The molecule has 15 heavy (non-hydrogen) atoms. The van der Waals surface area contributed by atoms with Crippen molar-refractivity contribution < 1.29 is 9.18 Å². The van der Waals surface area contributed by atoms with Gasteiger partial charge in [0, 0.05) is 12.1 Å². The summed E-state index contributed by atoms with van der Waals surface area (Å²) in [7, 11) is 0. The molecule has 0 aromatic rings. The molecule has 1 heterocycles. The Morgan fingerprint density at radius 3 is 2.67 bits per heavy atom. The molecule has 0 aliphatic carbocycles. The van der Waals surface area contributed by atoms with Gasteiger partial charge in [-0.05, 0) is 12.5 Å². The first kappa shape index (κ1) is 11.6. The van der Waals surface area contributed by atoms with E-state index in [1.54, 1.807) is 6.92 Å². The highest BCUT2D eigenvalue weighted by Crippen LogP contribution is 2.26. The molecule has 0 bridgehead atoms. The van der Waals surface area contributed by atoms with Gasteiger partial charge in [0.25, 0.3) is 5.91 Å². The number of carbonyl (C=O) groups excluding carboxylic acids is 1. The molecule has 4 nitrogen and oxygen atoms in total. The molecule has 1 amide bonds. The van der Waals surface area contributed by atoms with Crippen LogP contribution in [0.4, 0.5) is 4.39 Å². The van der Waals surface area contributed by atoms with Crippen LogP contribution in [0.3, 0.4) is 0 Å². The molecule has 0 unspecified atom stereocenters. The lowest BCUT2D eigenvalue weighted by atomic mass is 10.1. The molecule has 0 saturated heterocycles. The molecule has 1 aliphatic rings. The predicted octanol–water partition coefficient (Wildman–Crippen LogP) is 0.387. The summed E-state index contributed by atoms with van der Waals surface area (Å²) in [5.74, 6) is 4.24. The highest BCUT2D eigenvalue weighted by Gasteiger charge is 2.29. The molecule has 0 aromatic heterocycles. The topological polar surface area (TPSA) is 72.3 Å². The predicted molar refractivity (Wildman–Crippen MR) is 56.0 cm³/mol. The fraction of sp³-hybridized carbons (Fsp3) is 0.300. The molecule has 5 heteroatoms. The second kappa shape index (κ2) is 4.37. The quantitative estimate of drug-likeness (QED) is 0.403. The van der Waals surface area contributed by atoms with Gasteiger partial charge in [-0.1, -0.05) is 12.7 Å². The van der Waals surface area contributed by atoms with Crippen LogP contribution >= 0.6 is 0 Å². The number of hydrogen-bond acceptors (Lipinski definition) is 3. The maximum absolute atomic E-state index is 13.8. The largest absolute Gasteiger partial charge is 0.326 e. The van der Waals surface area contributed by atoms with Gasteiger partial charge in [0.15, 0.2) is 0 Å². The van der Waals surface area contributed by atoms with Crippen molar-refractivity contribution in [2.24, 2.45) is 11.6 Å². The smallest absolute Gasteiger partial charge is 0.271 e. The molecule has 0 spiro atoms. The lowest BCUT2D eigenvalue weighted by molar-refractivity contribution is -0.125. The molecular weight excluding hydrogens is 197 g/mol. The van der Waals surface area contributed by atoms with Crippen LogP contribution < -0.4 is 11.6 Å². The maximum atomic E-state index is 13.8. The normalized spacial score (nSPS) is 18.4. The first-order chi connectivity index (χ1) is 7.02. The Labute approximate surface area is 87.7 Å². The van der Waals surface area contributed by atoms with Gasteiger partial charge < -0.3 is 5.73 Å². The van der Waals surface area contributed by atoms with Crippen LogP contribution in [0.2, 0.25) is 0 Å². The van der Waals surface area contributed by atoms with E-state index in [9.17, 15) is 9.18 Å². The summed E-state index contributed by atoms with van der Waals surface area (Å²) < 4.78 is 13.8. The van der Waals surface area contributed by atoms with Crippen molar-refractivity contribution in [1.29, 1.82) is 0 Å². The van der Waals surface area contributed by atoms with E-state index in [0.29, 0.717) is 5.57 Å². The molecule has 82 valence electrons. The molecule has 1 rings (SSSR count). The van der Waals surface area contributed by atoms with Crippen LogP contribution in [0.15, 0.2) is 35.2 Å². The van der Waals surface area contributed by atoms with E-state index in [1.807, 2.05) is 0 Å². The number of nitrogens with zero attached hydrogens (tertiary/aromatic N) is 1. The van der Waals surface area contributed by atoms with Crippen molar-refractivity contribution in [1.82, 2.24) is 5.01 Å². The van der Waals surface area contributed by atoms with Crippen molar-refractivity contribution in [3.63, 3.8) is 0 Å². The van der Waals surface area contributed by atoms with Gasteiger partial charge in [0.2, 0.25) is 0 Å². The van der Waals surface area contributed by atoms with Crippen molar-refractivity contribution in [2.75, 3.05) is 13.1 Å². The standard InChI is InChI=1S/C10H14FN3O/c1-3-7(4-12)9(11)8-6(2)5-14(13)10(8)15/h3H,1,4-5,12-13H2,2H3/b9-7-. The minimum absolute atomic E-state index is 0.00393. The molecule has 0 radical (unpaired) electrons. The summed E-state index contributed by atoms with van der Waals surface area (Å²) in [6.07, 6.45) is 1.31. The minimum atomic E-state index is -0.622. The van der Waals surface area contributed by atoms with Crippen LogP contribution in [-0.4, -0.2) is 24.0 Å². The van der Waals surface area contributed by atoms with Crippen molar-refractivity contribution in [3.8, 4) is 0 Å². The summed E-state index contributed by atoms with van der Waals surface area (Å²) in [4.78, 5) is 11.5. The number of carbonyl (C=O) groups is 1. The van der Waals surface area contributed by atoms with Crippen LogP contribution in [-0.2, 0) is 4.79 Å². The van der Waals surface area contributed by atoms with Crippen LogP contribution in [0, 0.1) is 0 Å². The lowest BCUT2D eigenvalue weighted by Gasteiger charge is -2.08. The van der Waals surface area contributed by atoms with E-state index >= 15 is 0 Å². The Kier molecular flexibility index (Phi) is 3.39. The van der Waals surface area contributed by atoms with Crippen molar-refractivity contribution >= 4 is 5.91 Å². The van der Waals surface area contributed by atoms with Gasteiger partial charge in [-0.2, -0.15) is 0 Å². The Balaban J connectivity index is 3.19. The van der Waals surface area contributed by atoms with Gasteiger partial charge in [-0.3, -0.25) is 9.80 Å². The van der Waals surface area contributed by atoms with Crippen LogP contribution in [0.5, 0.6) is 0 Å². The number of amides is 1. The molecular formula is C10H14FN3O. The Morgan fingerprint density at radius 1 is 1.73 bits per heavy atom. The zero-order valence-corrected chi connectivity index (χ0v) is 8.59. The molecule has 0 fully saturated rings. The molecule has 0 aromatic carbocycles. The third-order valence-electron chi connectivity index (χ3n) is 2.28. The van der Waals surface area contributed by atoms with E-state index in [2.05, 4.69) is 6.58 Å². The number of hydrogen-bond donors (Lipinski definition) is 2. The summed E-state index contributed by atoms with van der Waals surface area (Å²) in [5.41, 5.74) is 6.16. The number of rotatable bonds is 3. The van der Waals surface area contributed by atoms with E-state index < -0.39 is 11.7 Å². The maximum Gasteiger partial charge on any atom is 0.271 e. The van der Waals surface area contributed by atoms with Crippen LogP contribution in [0.25, 0.3) is 0 Å². The second-order valence-corrected chi connectivity index (χ2v) is 3.34. The molecule has 1 aliphatic heterocycles. The van der Waals surface area contributed by atoms with E-state index in [0.717, 1.165) is 5.01 Å². The lowest BCUT2D eigenvalue weighted by Crippen LogP contribution is -2.34. The monoisotopic (exact) mass is 211 g/mol. The van der Waals surface area contributed by atoms with Gasteiger partial charge in [-0.15, -0.1) is 0 Å². The highest BCUT2D eigenvalue weighted by atomic mass is 19.1. The van der Waals surface area contributed by atoms with E-state index in [4.69, 9.17) is 11.6 Å². The number of hydrazine groups is 1. The fourth-order valence-electron chi connectivity index (χ4n) is 1.44. The van der Waals surface area contributed by atoms with Gasteiger partial charge in [0.1, 0.15) is 5.83 Å². The summed E-state index contributed by atoms with van der Waals surface area (Å²) in [6.45, 7) is 5.35. The van der Waals surface area contributed by atoms with E-state index in [1.165, 1.54) is 6.08 Å². The van der Waals surface area contributed by atoms with E-state index in [-0.39, 0.29) is 24.2 Å². The van der Waals surface area contributed by atoms with Crippen molar-refractivity contribution in [3.05, 3.63) is 35.2 Å². The summed E-state index contributed by atoms with van der Waals surface area (Å²) >= 11 is 0. The first-order valence-corrected chi connectivity index (χ1v) is 4.50. The third kappa shape index (κ3) is 1.98. The fourth-order valence-corrected chi connectivity index (χ4v) is 1.44. The van der Waals surface area contributed by atoms with Gasteiger partial charge in [0.05, 0.1) is 12.1 Å². The molecule has 0 saturated carbocycles. The van der Waals surface area contributed by atoms with Gasteiger partial charge in [-0.25, -0.2) is 10.2 Å². The number of halogens is 1. The highest BCUT2D eigenvalue weighted by molar-refractivity contribution is 6.00. The SMILES string of the molecule is C=C/C(CN)=C(/F)C1=C(C)CN(N)C1=O. The Morgan fingerprint density at radius 2 is 2.33 bits per heavy atom. The number of nitrogens with two attached hydrogens (primary N) is 2. The van der Waals surface area contributed by atoms with Crippen molar-refractivity contribution in [2.45, 2.75) is 6.92 Å². The first-order valence-electron chi connectivity index (χ1n) is 4.50. The summed E-state index contributed by atoms with van der Waals surface area (Å²) in [5, 5.41) is 0.974. The average Bonchev–Trinajstić information content (AvgIpc) is 2.43. The molecule has 4 N–H and O–H groups in total. The second-order valence-electron chi connectivity index (χ2n) is 3.34. The van der Waals surface area contributed by atoms with Crippen LogP contribution in [0.1, 0.15) is 6.92 Å². The zero-order chi connectivity index (χ0) is 11.6. The Bertz CT molecular complexity index is 371. The molecule has 0 atom stereocenters. The zero-order valence-electron chi connectivity index (χ0n) is 8.59. The third-order valence-corrected chi connectivity index (χ3v) is 2.28. The summed E-state index contributed by atoms with van der Waals surface area (Å²) in [6, 6.07) is 0. The minimum Gasteiger partial charge on any atom is -0.326 e. The average molecular weight is 211 g/mol. The van der Waals surface area contributed by atoms with Gasteiger partial charge >= 0.3 is 0 Å². The Hall–Kier alpha value is -1.46.